The van der Waals surface area contributed by atoms with Gasteiger partial charge in [0.25, 0.3) is 0 Å². The number of amides is 1. The average molecular weight is 324 g/mol. The van der Waals surface area contributed by atoms with Gasteiger partial charge >= 0.3 is 0 Å². The lowest BCUT2D eigenvalue weighted by Gasteiger charge is -2.11. The van der Waals surface area contributed by atoms with E-state index in [2.05, 4.69) is 10.0 Å². The van der Waals surface area contributed by atoms with E-state index in [1.165, 1.54) is 6.08 Å². The van der Waals surface area contributed by atoms with Gasteiger partial charge in [0.1, 0.15) is 0 Å². The molecule has 0 radical (unpaired) electrons. The number of rotatable bonds is 6. The monoisotopic (exact) mass is 324 g/mol. The third kappa shape index (κ3) is 7.26. The second kappa shape index (κ2) is 7.45. The second-order valence-electron chi connectivity index (χ2n) is 6.12. The van der Waals surface area contributed by atoms with Crippen LogP contribution in [0.15, 0.2) is 36.4 Å². The van der Waals surface area contributed by atoms with Crippen LogP contribution in [-0.4, -0.2) is 20.1 Å². The van der Waals surface area contributed by atoms with Crippen molar-refractivity contribution < 1.29 is 13.2 Å². The van der Waals surface area contributed by atoms with Crippen molar-refractivity contribution >= 4 is 21.6 Å². The predicted octanol–water partition coefficient (Wildman–Crippen LogP) is 2.67. The Hall–Kier alpha value is -1.82. The van der Waals surface area contributed by atoms with E-state index in [4.69, 9.17) is 0 Å². The lowest BCUT2D eigenvalue weighted by molar-refractivity contribution is -0.116. The van der Waals surface area contributed by atoms with Crippen LogP contribution in [0.1, 0.15) is 33.3 Å². The summed E-state index contributed by atoms with van der Waals surface area (Å²) in [6.45, 7) is 8.04. The molecule has 0 saturated heterocycles. The number of sulfonamides is 1. The summed E-state index contributed by atoms with van der Waals surface area (Å²) in [5, 5.41) is 2.79. The first-order valence-electron chi connectivity index (χ1n) is 7.18. The van der Waals surface area contributed by atoms with E-state index in [0.717, 1.165) is 5.56 Å². The lowest BCUT2D eigenvalue weighted by atomic mass is 9.96. The minimum atomic E-state index is -3.26. The van der Waals surface area contributed by atoms with Crippen LogP contribution in [0, 0.1) is 5.41 Å². The van der Waals surface area contributed by atoms with Gasteiger partial charge in [-0.3, -0.25) is 9.52 Å². The Morgan fingerprint density at radius 2 is 1.77 bits per heavy atom. The summed E-state index contributed by atoms with van der Waals surface area (Å²) in [6.07, 6.45) is 3.38. The van der Waals surface area contributed by atoms with Crippen molar-refractivity contribution in [1.29, 1.82) is 0 Å². The molecule has 0 unspecified atom stereocenters. The van der Waals surface area contributed by atoms with Gasteiger partial charge in [0.2, 0.25) is 15.9 Å². The molecule has 0 aliphatic rings. The highest BCUT2D eigenvalue weighted by Crippen LogP contribution is 2.14. The van der Waals surface area contributed by atoms with Gasteiger partial charge in [0.15, 0.2) is 0 Å². The molecule has 6 heteroatoms. The Balaban J connectivity index is 2.55. The van der Waals surface area contributed by atoms with Gasteiger partial charge < -0.3 is 5.32 Å². The van der Waals surface area contributed by atoms with E-state index in [0.29, 0.717) is 12.2 Å². The van der Waals surface area contributed by atoms with Crippen LogP contribution >= 0.6 is 0 Å². The molecule has 5 nitrogen and oxygen atoms in total. The van der Waals surface area contributed by atoms with E-state index in [1.807, 2.05) is 26.8 Å². The number of benzene rings is 1. The number of nitrogens with one attached hydrogen (secondary N) is 2. The highest BCUT2D eigenvalue weighted by atomic mass is 32.2. The zero-order chi connectivity index (χ0) is 16.8. The number of hydrogen-bond donors (Lipinski definition) is 2. The quantitative estimate of drug-likeness (QED) is 0.790. The SMILES string of the molecule is CCS(=O)(=O)Nc1ccc(CNC(=O)/C=C/C(C)(C)C)cc1. The summed E-state index contributed by atoms with van der Waals surface area (Å²) >= 11 is 0. The highest BCUT2D eigenvalue weighted by molar-refractivity contribution is 7.92. The normalized spacial score (nSPS) is 12.4. The van der Waals surface area contributed by atoms with Crippen molar-refractivity contribution in [1.82, 2.24) is 5.32 Å². The van der Waals surface area contributed by atoms with Crippen LogP contribution in [-0.2, 0) is 21.4 Å². The number of hydrogen-bond acceptors (Lipinski definition) is 3. The molecule has 0 heterocycles. The van der Waals surface area contributed by atoms with Gasteiger partial charge in [-0.1, -0.05) is 39.0 Å². The summed E-state index contributed by atoms with van der Waals surface area (Å²) < 4.78 is 25.4. The maximum atomic E-state index is 11.7. The molecule has 0 atom stereocenters. The predicted molar refractivity (Wildman–Crippen MR) is 90.0 cm³/mol. The maximum absolute atomic E-state index is 11.7. The van der Waals surface area contributed by atoms with Gasteiger partial charge in [-0.2, -0.15) is 0 Å². The molecular formula is C16H24N2O3S. The molecule has 1 amide bonds. The Bertz CT molecular complexity index is 626. The summed E-state index contributed by atoms with van der Waals surface area (Å²) in [7, 11) is -3.26. The van der Waals surface area contributed by atoms with Crippen LogP contribution in [0.2, 0.25) is 0 Å². The zero-order valence-electron chi connectivity index (χ0n) is 13.5. The van der Waals surface area contributed by atoms with E-state index >= 15 is 0 Å². The van der Waals surface area contributed by atoms with E-state index < -0.39 is 10.0 Å². The molecule has 0 saturated carbocycles. The maximum Gasteiger partial charge on any atom is 0.243 e. The van der Waals surface area contributed by atoms with Gasteiger partial charge in [-0.05, 0) is 36.1 Å². The van der Waals surface area contributed by atoms with E-state index in [1.54, 1.807) is 31.2 Å². The number of anilines is 1. The van der Waals surface area contributed by atoms with E-state index in [9.17, 15) is 13.2 Å². The second-order valence-corrected chi connectivity index (χ2v) is 8.13. The Morgan fingerprint density at radius 1 is 1.18 bits per heavy atom. The van der Waals surface area contributed by atoms with Crippen LogP contribution in [0.5, 0.6) is 0 Å². The fraction of sp³-hybridized carbons (Fsp3) is 0.438. The Kier molecular flexibility index (Phi) is 6.17. The first kappa shape index (κ1) is 18.2. The summed E-state index contributed by atoms with van der Waals surface area (Å²) in [4.78, 5) is 11.7. The topological polar surface area (TPSA) is 75.3 Å². The van der Waals surface area contributed by atoms with Crippen LogP contribution in [0.3, 0.4) is 0 Å². The van der Waals surface area contributed by atoms with Gasteiger partial charge in [0.05, 0.1) is 5.75 Å². The summed E-state index contributed by atoms with van der Waals surface area (Å²) in [6, 6.07) is 6.92. The van der Waals surface area contributed by atoms with Crippen LogP contribution < -0.4 is 10.0 Å². The summed E-state index contributed by atoms with van der Waals surface area (Å²) in [5.74, 6) is -0.115. The van der Waals surface area contributed by atoms with Gasteiger partial charge in [-0.15, -0.1) is 0 Å². The van der Waals surface area contributed by atoms with Crippen molar-refractivity contribution in [3.63, 3.8) is 0 Å². The minimum absolute atomic E-state index is 0.0323. The molecule has 0 aliphatic heterocycles. The molecule has 0 aromatic heterocycles. The molecule has 0 fully saturated rings. The molecule has 1 aromatic carbocycles. The molecule has 0 bridgehead atoms. The fourth-order valence-corrected chi connectivity index (χ4v) is 2.16. The van der Waals surface area contributed by atoms with Gasteiger partial charge in [-0.25, -0.2) is 8.42 Å². The van der Waals surface area contributed by atoms with E-state index in [-0.39, 0.29) is 17.1 Å². The van der Waals surface area contributed by atoms with Gasteiger partial charge in [0, 0.05) is 12.2 Å². The average Bonchev–Trinajstić information content (AvgIpc) is 2.43. The Morgan fingerprint density at radius 3 is 2.27 bits per heavy atom. The molecule has 1 rings (SSSR count). The van der Waals surface area contributed by atoms with Crippen molar-refractivity contribution in [2.75, 3.05) is 10.5 Å². The first-order chi connectivity index (χ1) is 10.1. The molecule has 1 aromatic rings. The third-order valence-corrected chi connectivity index (χ3v) is 4.12. The third-order valence-electron chi connectivity index (χ3n) is 2.81. The minimum Gasteiger partial charge on any atom is -0.348 e. The van der Waals surface area contributed by atoms with Crippen molar-refractivity contribution in [2.24, 2.45) is 5.41 Å². The van der Waals surface area contributed by atoms with Crippen LogP contribution in [0.25, 0.3) is 0 Å². The number of carbonyl (C=O) groups excluding carboxylic acids is 1. The molecule has 22 heavy (non-hydrogen) atoms. The molecule has 0 aliphatic carbocycles. The van der Waals surface area contributed by atoms with Crippen LogP contribution in [0.4, 0.5) is 5.69 Å². The number of carbonyl (C=O) groups is 1. The number of allylic oxidation sites excluding steroid dienone is 1. The summed E-state index contributed by atoms with van der Waals surface area (Å²) in [5.41, 5.74) is 1.39. The largest absolute Gasteiger partial charge is 0.348 e. The van der Waals surface area contributed by atoms with Crippen molar-refractivity contribution in [2.45, 2.75) is 34.2 Å². The standard InChI is InChI=1S/C16H24N2O3S/c1-5-22(20,21)18-14-8-6-13(7-9-14)12-17-15(19)10-11-16(2,3)4/h6-11,18H,5,12H2,1-4H3,(H,17,19)/b11-10+. The fourth-order valence-electron chi connectivity index (χ4n) is 1.52. The Labute approximate surface area is 132 Å². The molecule has 122 valence electrons. The highest BCUT2D eigenvalue weighted by Gasteiger charge is 2.07. The first-order valence-corrected chi connectivity index (χ1v) is 8.83. The van der Waals surface area contributed by atoms with Crippen molar-refractivity contribution in [3.8, 4) is 0 Å². The zero-order valence-corrected chi connectivity index (χ0v) is 14.3. The van der Waals surface area contributed by atoms with Crippen molar-refractivity contribution in [3.05, 3.63) is 42.0 Å². The molecule has 2 N–H and O–H groups in total. The smallest absolute Gasteiger partial charge is 0.243 e. The molecular weight excluding hydrogens is 300 g/mol. The lowest BCUT2D eigenvalue weighted by Crippen LogP contribution is -2.21. The molecule has 0 spiro atoms.